The van der Waals surface area contributed by atoms with Crippen LogP contribution in [0.3, 0.4) is 0 Å². The number of methoxy groups -OCH3 is 1. The van der Waals surface area contributed by atoms with Gasteiger partial charge in [0.05, 0.1) is 7.11 Å². The van der Waals surface area contributed by atoms with Crippen molar-refractivity contribution >= 4 is 11.8 Å². The normalized spacial score (nSPS) is 10.8. The van der Waals surface area contributed by atoms with Gasteiger partial charge in [-0.15, -0.1) is 0 Å². The Hall–Kier alpha value is -1.12. The molecule has 0 rings (SSSR count). The summed E-state index contributed by atoms with van der Waals surface area (Å²) in [6.45, 7) is 2.07. The minimum Gasteiger partial charge on any atom is -0.469 e. The number of hydrogen-bond acceptors (Lipinski definition) is 3. The topological polar surface area (TPSA) is 43.4 Å². The van der Waals surface area contributed by atoms with Gasteiger partial charge in [0.2, 0.25) is 0 Å². The van der Waals surface area contributed by atoms with E-state index in [9.17, 15) is 9.59 Å². The molecule has 0 unspecified atom stereocenters. The molecule has 0 radical (unpaired) electrons. The van der Waals surface area contributed by atoms with Gasteiger partial charge in [0, 0.05) is 19.3 Å². The lowest BCUT2D eigenvalue weighted by molar-refractivity contribution is -0.140. The fourth-order valence-electron chi connectivity index (χ4n) is 1.88. The average molecular weight is 268 g/mol. The molecule has 0 atom stereocenters. The highest BCUT2D eigenvalue weighted by Crippen LogP contribution is 2.09. The molecule has 0 aliphatic heterocycles. The molecule has 0 amide bonds. The summed E-state index contributed by atoms with van der Waals surface area (Å²) in [4.78, 5) is 22.3. The monoisotopic (exact) mass is 268 g/mol. The maximum absolute atomic E-state index is 11.5. The van der Waals surface area contributed by atoms with E-state index in [0.717, 1.165) is 44.9 Å². The summed E-state index contributed by atoms with van der Waals surface area (Å²) < 4.78 is 4.58. The van der Waals surface area contributed by atoms with Crippen LogP contribution in [0.25, 0.3) is 0 Å². The predicted molar refractivity (Wildman–Crippen MR) is 78.0 cm³/mol. The Labute approximate surface area is 117 Å². The summed E-state index contributed by atoms with van der Waals surface area (Å²) in [5.41, 5.74) is 0. The third kappa shape index (κ3) is 13.1. The molecule has 110 valence electrons. The molecule has 3 heteroatoms. The van der Waals surface area contributed by atoms with Crippen molar-refractivity contribution in [1.29, 1.82) is 0 Å². The van der Waals surface area contributed by atoms with Gasteiger partial charge in [0.25, 0.3) is 0 Å². The van der Waals surface area contributed by atoms with E-state index in [-0.39, 0.29) is 5.97 Å². The highest BCUT2D eigenvalue weighted by Gasteiger charge is 2.00. The Morgan fingerprint density at radius 1 is 0.895 bits per heavy atom. The number of ether oxygens (including phenoxy) is 1. The van der Waals surface area contributed by atoms with Crippen molar-refractivity contribution in [2.75, 3.05) is 7.11 Å². The Balaban J connectivity index is 3.24. The molecule has 0 saturated heterocycles. The molecule has 0 aromatic heterocycles. The van der Waals surface area contributed by atoms with Crippen molar-refractivity contribution in [3.05, 3.63) is 12.2 Å². The van der Waals surface area contributed by atoms with E-state index in [0.29, 0.717) is 25.0 Å². The van der Waals surface area contributed by atoms with Crippen molar-refractivity contribution in [3.8, 4) is 0 Å². The molecule has 0 spiro atoms. The number of allylic oxidation sites excluding steroid dienone is 2. The van der Waals surface area contributed by atoms with Gasteiger partial charge in [-0.1, -0.05) is 44.8 Å². The van der Waals surface area contributed by atoms with Crippen molar-refractivity contribution in [1.82, 2.24) is 0 Å². The highest BCUT2D eigenvalue weighted by molar-refractivity contribution is 5.79. The van der Waals surface area contributed by atoms with Crippen molar-refractivity contribution in [2.45, 2.75) is 71.1 Å². The van der Waals surface area contributed by atoms with Crippen LogP contribution in [-0.2, 0) is 14.3 Å². The van der Waals surface area contributed by atoms with Crippen molar-refractivity contribution < 1.29 is 14.3 Å². The van der Waals surface area contributed by atoms with E-state index in [2.05, 4.69) is 11.7 Å². The molecule has 0 aromatic carbocycles. The average Bonchev–Trinajstić information content (AvgIpc) is 2.41. The van der Waals surface area contributed by atoms with E-state index < -0.39 is 0 Å². The van der Waals surface area contributed by atoms with Crippen LogP contribution in [0.1, 0.15) is 71.1 Å². The molecule has 0 saturated carbocycles. The van der Waals surface area contributed by atoms with Crippen LogP contribution in [0.5, 0.6) is 0 Å². The number of esters is 1. The molecule has 3 nitrogen and oxygen atoms in total. The van der Waals surface area contributed by atoms with Gasteiger partial charge in [0.1, 0.15) is 5.78 Å². The number of unbranched alkanes of at least 4 members (excludes halogenated alkanes) is 5. The standard InChI is InChI=1S/C16H28O3/c1-3-4-9-12-15(17)13-10-7-5-6-8-11-14-16(18)19-2/h4,9H,3,5-8,10-14H2,1-2H3/b9-4+. The molecule has 0 bridgehead atoms. The second kappa shape index (κ2) is 13.3. The molecule has 0 aliphatic rings. The quantitative estimate of drug-likeness (QED) is 0.302. The number of carbonyl (C=O) groups is 2. The minimum absolute atomic E-state index is 0.120. The summed E-state index contributed by atoms with van der Waals surface area (Å²) in [6.07, 6.45) is 13.2. The van der Waals surface area contributed by atoms with Crippen LogP contribution < -0.4 is 0 Å². The molecule has 0 N–H and O–H groups in total. The molecular weight excluding hydrogens is 240 g/mol. The zero-order valence-electron chi connectivity index (χ0n) is 12.5. The molecule has 0 aliphatic carbocycles. The Kier molecular flexibility index (Phi) is 12.5. The Morgan fingerprint density at radius 2 is 1.47 bits per heavy atom. The molecule has 0 aromatic rings. The number of rotatable bonds is 12. The largest absolute Gasteiger partial charge is 0.469 e. The maximum atomic E-state index is 11.5. The summed E-state index contributed by atoms with van der Waals surface area (Å²) in [5, 5.41) is 0. The molecule has 0 heterocycles. The summed E-state index contributed by atoms with van der Waals surface area (Å²) in [7, 11) is 1.43. The van der Waals surface area contributed by atoms with E-state index in [4.69, 9.17) is 0 Å². The third-order valence-corrected chi connectivity index (χ3v) is 3.06. The van der Waals surface area contributed by atoms with E-state index in [1.54, 1.807) is 0 Å². The van der Waals surface area contributed by atoms with Gasteiger partial charge in [-0.05, 0) is 19.3 Å². The van der Waals surface area contributed by atoms with Gasteiger partial charge in [-0.3, -0.25) is 9.59 Å². The van der Waals surface area contributed by atoms with Crippen molar-refractivity contribution in [2.24, 2.45) is 0 Å². The second-order valence-electron chi connectivity index (χ2n) is 4.82. The SMILES string of the molecule is CC/C=C/CC(=O)CCCCCCCCC(=O)OC. The van der Waals surface area contributed by atoms with Crippen LogP contribution in [0.4, 0.5) is 0 Å². The van der Waals surface area contributed by atoms with Gasteiger partial charge in [-0.25, -0.2) is 0 Å². The summed E-state index contributed by atoms with van der Waals surface area (Å²) >= 11 is 0. The Bertz CT molecular complexity index is 269. The van der Waals surface area contributed by atoms with Crippen LogP contribution in [0, 0.1) is 0 Å². The van der Waals surface area contributed by atoms with Gasteiger partial charge >= 0.3 is 5.97 Å². The highest BCUT2D eigenvalue weighted by atomic mass is 16.5. The van der Waals surface area contributed by atoms with Crippen LogP contribution in [0.2, 0.25) is 0 Å². The van der Waals surface area contributed by atoms with E-state index in [1.165, 1.54) is 7.11 Å². The predicted octanol–water partition coefficient (Wildman–Crippen LogP) is 4.21. The fourth-order valence-corrected chi connectivity index (χ4v) is 1.88. The first kappa shape index (κ1) is 17.9. The Morgan fingerprint density at radius 3 is 2.05 bits per heavy atom. The van der Waals surface area contributed by atoms with Crippen LogP contribution in [0.15, 0.2) is 12.2 Å². The number of hydrogen-bond donors (Lipinski definition) is 0. The molecule has 0 fully saturated rings. The first-order valence-electron chi connectivity index (χ1n) is 7.44. The lowest BCUT2D eigenvalue weighted by Crippen LogP contribution is -1.99. The van der Waals surface area contributed by atoms with Crippen LogP contribution >= 0.6 is 0 Å². The molecule has 19 heavy (non-hydrogen) atoms. The molecular formula is C16H28O3. The fraction of sp³-hybridized carbons (Fsp3) is 0.750. The summed E-state index contributed by atoms with van der Waals surface area (Å²) in [6, 6.07) is 0. The first-order valence-corrected chi connectivity index (χ1v) is 7.44. The summed E-state index contributed by atoms with van der Waals surface area (Å²) in [5.74, 6) is 0.223. The van der Waals surface area contributed by atoms with Crippen molar-refractivity contribution in [3.63, 3.8) is 0 Å². The van der Waals surface area contributed by atoms with E-state index >= 15 is 0 Å². The van der Waals surface area contributed by atoms with E-state index in [1.807, 2.05) is 12.2 Å². The zero-order valence-corrected chi connectivity index (χ0v) is 12.5. The van der Waals surface area contributed by atoms with Gasteiger partial charge < -0.3 is 4.74 Å². The number of ketones is 1. The smallest absolute Gasteiger partial charge is 0.305 e. The third-order valence-electron chi connectivity index (χ3n) is 3.06. The van der Waals surface area contributed by atoms with Gasteiger partial charge in [0.15, 0.2) is 0 Å². The minimum atomic E-state index is -0.120. The maximum Gasteiger partial charge on any atom is 0.305 e. The second-order valence-corrected chi connectivity index (χ2v) is 4.82. The van der Waals surface area contributed by atoms with Gasteiger partial charge in [-0.2, -0.15) is 0 Å². The first-order chi connectivity index (χ1) is 9.20. The lowest BCUT2D eigenvalue weighted by atomic mass is 10.1. The number of carbonyl (C=O) groups excluding carboxylic acids is 2. The number of Topliss-reactive ketones (excluding diaryl/α,β-unsaturated/α-hetero) is 1. The zero-order chi connectivity index (χ0) is 14.3. The van der Waals surface area contributed by atoms with Crippen LogP contribution in [-0.4, -0.2) is 18.9 Å². The lowest BCUT2D eigenvalue weighted by Gasteiger charge is -2.01.